The monoisotopic (exact) mass is 209 g/mol. The number of benzene rings is 1. The molecule has 1 aromatic carbocycles. The molecule has 4 heteroatoms. The van der Waals surface area contributed by atoms with Crippen molar-refractivity contribution in [1.82, 2.24) is 4.90 Å². The summed E-state index contributed by atoms with van der Waals surface area (Å²) in [7, 11) is 1.56. The van der Waals surface area contributed by atoms with Gasteiger partial charge in [0.25, 0.3) is 5.91 Å². The molecule has 0 aliphatic heterocycles. The molecule has 1 rings (SSSR count). The van der Waals surface area contributed by atoms with Gasteiger partial charge in [-0.25, -0.2) is 4.39 Å². The van der Waals surface area contributed by atoms with Crippen molar-refractivity contribution in [3.8, 4) is 0 Å². The van der Waals surface area contributed by atoms with Gasteiger partial charge < -0.3 is 4.90 Å². The van der Waals surface area contributed by atoms with Gasteiger partial charge in [0.1, 0.15) is 5.82 Å². The second kappa shape index (κ2) is 5.24. The molecular formula is C11H12FNO2. The first-order valence-corrected chi connectivity index (χ1v) is 4.58. The zero-order valence-electron chi connectivity index (χ0n) is 8.44. The van der Waals surface area contributed by atoms with Crippen LogP contribution in [0.2, 0.25) is 0 Å². The topological polar surface area (TPSA) is 37.4 Å². The van der Waals surface area contributed by atoms with E-state index in [1.165, 1.54) is 17.0 Å². The van der Waals surface area contributed by atoms with E-state index in [0.717, 1.165) is 5.56 Å². The molecule has 0 fully saturated rings. The van der Waals surface area contributed by atoms with Crippen LogP contribution in [0.1, 0.15) is 5.56 Å². The summed E-state index contributed by atoms with van der Waals surface area (Å²) in [6.07, 6.45) is 0.890. The molecule has 0 saturated heterocycles. The molecule has 0 aromatic heterocycles. The summed E-state index contributed by atoms with van der Waals surface area (Å²) >= 11 is 0. The largest absolute Gasteiger partial charge is 0.339 e. The molecule has 0 aliphatic rings. The fourth-order valence-corrected chi connectivity index (χ4v) is 1.15. The van der Waals surface area contributed by atoms with Gasteiger partial charge in [0.05, 0.1) is 0 Å². The highest BCUT2D eigenvalue weighted by Crippen LogP contribution is 2.03. The highest BCUT2D eigenvalue weighted by atomic mass is 19.1. The molecular weight excluding hydrogens is 197 g/mol. The van der Waals surface area contributed by atoms with E-state index in [1.807, 2.05) is 0 Å². The number of likely N-dealkylation sites (N-methyl/N-ethyl adjacent to an activating group) is 1. The summed E-state index contributed by atoms with van der Waals surface area (Å²) in [5.41, 5.74) is 0.932. The normalized spacial score (nSPS) is 9.73. The third-order valence-corrected chi connectivity index (χ3v) is 2.13. The van der Waals surface area contributed by atoms with E-state index < -0.39 is 5.91 Å². The van der Waals surface area contributed by atoms with Gasteiger partial charge in [-0.2, -0.15) is 0 Å². The Hall–Kier alpha value is -1.71. The Labute approximate surface area is 87.5 Å². The first-order valence-electron chi connectivity index (χ1n) is 4.58. The lowest BCUT2D eigenvalue weighted by molar-refractivity contribution is -0.137. The fourth-order valence-electron chi connectivity index (χ4n) is 1.15. The smallest absolute Gasteiger partial charge is 0.286 e. The Morgan fingerprint density at radius 3 is 2.53 bits per heavy atom. The van der Waals surface area contributed by atoms with E-state index >= 15 is 0 Å². The summed E-state index contributed by atoms with van der Waals surface area (Å²) in [6.45, 7) is 0.448. The third-order valence-electron chi connectivity index (χ3n) is 2.13. The summed E-state index contributed by atoms with van der Waals surface area (Å²) in [5.74, 6) is -0.826. The summed E-state index contributed by atoms with van der Waals surface area (Å²) in [5, 5.41) is 0. The molecule has 0 saturated carbocycles. The summed E-state index contributed by atoms with van der Waals surface area (Å²) < 4.78 is 12.6. The molecule has 1 amide bonds. The van der Waals surface area contributed by atoms with Crippen molar-refractivity contribution in [1.29, 1.82) is 0 Å². The Bertz CT molecular complexity index is 348. The Morgan fingerprint density at radius 2 is 2.00 bits per heavy atom. The molecule has 1 aromatic rings. The number of hydrogen-bond acceptors (Lipinski definition) is 2. The van der Waals surface area contributed by atoms with Crippen LogP contribution in [0.5, 0.6) is 0 Å². The van der Waals surface area contributed by atoms with E-state index in [9.17, 15) is 14.0 Å². The molecule has 0 spiro atoms. The Balaban J connectivity index is 2.46. The van der Waals surface area contributed by atoms with Crippen LogP contribution in [0, 0.1) is 5.82 Å². The number of halogens is 1. The highest BCUT2D eigenvalue weighted by Gasteiger charge is 2.06. The van der Waals surface area contributed by atoms with Gasteiger partial charge in [0.2, 0.25) is 6.29 Å². The average molecular weight is 209 g/mol. The molecule has 80 valence electrons. The lowest BCUT2D eigenvalue weighted by Gasteiger charge is -2.13. The van der Waals surface area contributed by atoms with E-state index in [-0.39, 0.29) is 12.1 Å². The Kier molecular flexibility index (Phi) is 3.97. The van der Waals surface area contributed by atoms with Crippen molar-refractivity contribution in [2.75, 3.05) is 13.6 Å². The molecule has 3 nitrogen and oxygen atoms in total. The van der Waals surface area contributed by atoms with Crippen molar-refractivity contribution >= 4 is 12.2 Å². The molecule has 0 bridgehead atoms. The van der Waals surface area contributed by atoms with Crippen molar-refractivity contribution < 1.29 is 14.0 Å². The van der Waals surface area contributed by atoms with Crippen LogP contribution >= 0.6 is 0 Å². The van der Waals surface area contributed by atoms with Crippen molar-refractivity contribution in [3.05, 3.63) is 35.6 Å². The standard InChI is InChI=1S/C11H12FNO2/c1-13(11(15)8-14)7-6-9-2-4-10(12)5-3-9/h2-5,8H,6-7H2,1H3. The molecule has 0 radical (unpaired) electrons. The second-order valence-electron chi connectivity index (χ2n) is 3.25. The predicted molar refractivity (Wildman–Crippen MR) is 53.8 cm³/mol. The van der Waals surface area contributed by atoms with E-state index in [2.05, 4.69) is 0 Å². The molecule has 15 heavy (non-hydrogen) atoms. The third kappa shape index (κ3) is 3.50. The maximum Gasteiger partial charge on any atom is 0.286 e. The average Bonchev–Trinajstić information content (AvgIpc) is 2.26. The van der Waals surface area contributed by atoms with E-state index in [1.54, 1.807) is 19.2 Å². The minimum Gasteiger partial charge on any atom is -0.339 e. The Morgan fingerprint density at radius 1 is 1.40 bits per heavy atom. The number of nitrogens with zero attached hydrogens (tertiary/aromatic N) is 1. The number of amides is 1. The van der Waals surface area contributed by atoms with E-state index in [4.69, 9.17) is 0 Å². The van der Waals surface area contributed by atoms with Crippen LogP contribution in [0.4, 0.5) is 4.39 Å². The van der Waals surface area contributed by atoms with Crippen molar-refractivity contribution in [2.45, 2.75) is 6.42 Å². The highest BCUT2D eigenvalue weighted by molar-refractivity contribution is 6.23. The van der Waals surface area contributed by atoms with Gasteiger partial charge in [0.15, 0.2) is 0 Å². The quantitative estimate of drug-likeness (QED) is 0.548. The van der Waals surface area contributed by atoms with Gasteiger partial charge in [-0.05, 0) is 24.1 Å². The maximum absolute atomic E-state index is 12.6. The molecule has 0 N–H and O–H groups in total. The van der Waals surface area contributed by atoms with Crippen molar-refractivity contribution in [3.63, 3.8) is 0 Å². The van der Waals surface area contributed by atoms with Gasteiger partial charge in [-0.1, -0.05) is 12.1 Å². The van der Waals surface area contributed by atoms with Crippen molar-refractivity contribution in [2.24, 2.45) is 0 Å². The van der Waals surface area contributed by atoms with Crippen LogP contribution in [-0.2, 0) is 16.0 Å². The van der Waals surface area contributed by atoms with Gasteiger partial charge >= 0.3 is 0 Å². The second-order valence-corrected chi connectivity index (χ2v) is 3.25. The van der Waals surface area contributed by atoms with Gasteiger partial charge in [0, 0.05) is 13.6 Å². The zero-order chi connectivity index (χ0) is 11.3. The lowest BCUT2D eigenvalue weighted by atomic mass is 10.1. The molecule has 0 heterocycles. The van der Waals surface area contributed by atoms with Crippen LogP contribution < -0.4 is 0 Å². The number of hydrogen-bond donors (Lipinski definition) is 0. The van der Waals surface area contributed by atoms with E-state index in [0.29, 0.717) is 13.0 Å². The number of carbonyl (C=O) groups is 2. The first-order chi connectivity index (χ1) is 7.13. The van der Waals surface area contributed by atoms with Crippen LogP contribution in [0.25, 0.3) is 0 Å². The summed E-state index contributed by atoms with van der Waals surface area (Å²) in [6, 6.07) is 6.07. The van der Waals surface area contributed by atoms with Gasteiger partial charge in [-0.15, -0.1) is 0 Å². The molecule has 0 aliphatic carbocycles. The fraction of sp³-hybridized carbons (Fsp3) is 0.273. The number of aldehydes is 1. The zero-order valence-corrected chi connectivity index (χ0v) is 8.44. The number of rotatable bonds is 4. The minimum atomic E-state index is -0.544. The van der Waals surface area contributed by atoms with Crippen LogP contribution in [-0.4, -0.2) is 30.7 Å². The van der Waals surface area contributed by atoms with Gasteiger partial charge in [-0.3, -0.25) is 9.59 Å². The van der Waals surface area contributed by atoms with Crippen LogP contribution in [0.15, 0.2) is 24.3 Å². The van der Waals surface area contributed by atoms with Crippen LogP contribution in [0.3, 0.4) is 0 Å². The maximum atomic E-state index is 12.6. The first kappa shape index (κ1) is 11.4. The summed E-state index contributed by atoms with van der Waals surface area (Å²) in [4.78, 5) is 22.4. The SMILES string of the molecule is CN(CCc1ccc(F)cc1)C(=O)C=O. The predicted octanol–water partition coefficient (Wildman–Crippen LogP) is 1.03. The number of carbonyl (C=O) groups excluding carboxylic acids is 2. The lowest BCUT2D eigenvalue weighted by Crippen LogP contribution is -2.29. The minimum absolute atomic E-state index is 0.281. The molecule has 0 atom stereocenters. The molecule has 0 unspecified atom stereocenters.